The summed E-state index contributed by atoms with van der Waals surface area (Å²) in [6, 6.07) is 5.58. The van der Waals surface area contributed by atoms with E-state index in [9.17, 15) is 13.2 Å². The van der Waals surface area contributed by atoms with Gasteiger partial charge < -0.3 is 5.32 Å². The summed E-state index contributed by atoms with van der Waals surface area (Å²) in [5.41, 5.74) is 3.42. The van der Waals surface area contributed by atoms with Crippen molar-refractivity contribution in [3.05, 3.63) is 29.1 Å². The van der Waals surface area contributed by atoms with Crippen LogP contribution in [0.5, 0.6) is 0 Å². The fraction of sp³-hybridized carbons (Fsp3) is 0.333. The molecule has 1 aromatic carbocycles. The highest BCUT2D eigenvalue weighted by Gasteiger charge is 2.32. The van der Waals surface area contributed by atoms with Gasteiger partial charge in [0, 0.05) is 23.9 Å². The molecule has 0 spiro atoms. The van der Waals surface area contributed by atoms with Crippen LogP contribution in [0.3, 0.4) is 0 Å². The Kier molecular flexibility index (Phi) is 3.89. The fourth-order valence-electron chi connectivity index (χ4n) is 2.88. The molecule has 1 aliphatic heterocycles. The topological polar surface area (TPSA) is 79.4 Å². The Bertz CT molecular complexity index is 874. The lowest BCUT2D eigenvalue weighted by molar-refractivity contribution is -0.114. The summed E-state index contributed by atoms with van der Waals surface area (Å²) in [5.74, 6) is -0.155. The van der Waals surface area contributed by atoms with E-state index in [1.165, 1.54) is 28.8 Å². The number of aromatic nitrogens is 1. The maximum absolute atomic E-state index is 11.9. The van der Waals surface area contributed by atoms with Crippen LogP contribution in [0.15, 0.2) is 23.6 Å². The maximum Gasteiger partial charge on any atom is 0.232 e. The molecule has 1 N–H and O–H groups in total. The standard InChI is InChI=1S/C15H17N3O3S2/c1-9-6-12-7-11(4-5-14(12)18(9)23(3,20)21)13-8-22-15(17-13)16-10(2)19/h4-5,7-9H,6H2,1-3H3,(H,16,17,19)/t9-/m0/s1. The van der Waals surface area contributed by atoms with E-state index < -0.39 is 10.0 Å². The van der Waals surface area contributed by atoms with Gasteiger partial charge in [0.15, 0.2) is 5.13 Å². The second-order valence-electron chi connectivity index (χ2n) is 5.67. The third kappa shape index (κ3) is 3.09. The van der Waals surface area contributed by atoms with E-state index in [1.54, 1.807) is 0 Å². The summed E-state index contributed by atoms with van der Waals surface area (Å²) in [7, 11) is -3.28. The first-order valence-corrected chi connectivity index (χ1v) is 9.84. The van der Waals surface area contributed by atoms with Crippen LogP contribution < -0.4 is 9.62 Å². The summed E-state index contributed by atoms with van der Waals surface area (Å²) in [6.07, 6.45) is 1.91. The molecule has 1 amide bonds. The van der Waals surface area contributed by atoms with Crippen LogP contribution in [0.1, 0.15) is 19.4 Å². The van der Waals surface area contributed by atoms with Crippen LogP contribution in [-0.4, -0.2) is 31.6 Å². The predicted molar refractivity (Wildman–Crippen MR) is 92.3 cm³/mol. The third-order valence-electron chi connectivity index (χ3n) is 3.67. The summed E-state index contributed by atoms with van der Waals surface area (Å²) in [5, 5.41) is 5.09. The quantitative estimate of drug-likeness (QED) is 0.921. The summed E-state index contributed by atoms with van der Waals surface area (Å²) in [6.45, 7) is 3.34. The molecule has 122 valence electrons. The van der Waals surface area contributed by atoms with E-state index in [-0.39, 0.29) is 11.9 Å². The molecule has 2 aromatic rings. The molecule has 23 heavy (non-hydrogen) atoms. The molecule has 3 rings (SSSR count). The number of carbonyl (C=O) groups is 1. The Morgan fingerprint density at radius 3 is 2.83 bits per heavy atom. The van der Waals surface area contributed by atoms with Crippen molar-refractivity contribution in [1.29, 1.82) is 0 Å². The van der Waals surface area contributed by atoms with Gasteiger partial charge in [0.05, 0.1) is 17.6 Å². The Morgan fingerprint density at radius 1 is 1.43 bits per heavy atom. The van der Waals surface area contributed by atoms with E-state index in [0.717, 1.165) is 22.5 Å². The van der Waals surface area contributed by atoms with E-state index in [0.29, 0.717) is 11.6 Å². The molecular formula is C15H17N3O3S2. The number of hydrogen-bond donors (Lipinski definition) is 1. The Morgan fingerprint density at radius 2 is 2.17 bits per heavy atom. The zero-order valence-electron chi connectivity index (χ0n) is 13.0. The second-order valence-corrected chi connectivity index (χ2v) is 8.39. The van der Waals surface area contributed by atoms with E-state index in [2.05, 4.69) is 10.3 Å². The molecule has 1 aromatic heterocycles. The minimum atomic E-state index is -3.28. The molecule has 0 aliphatic carbocycles. The van der Waals surface area contributed by atoms with Gasteiger partial charge in [0.1, 0.15) is 0 Å². The first-order chi connectivity index (χ1) is 10.8. The summed E-state index contributed by atoms with van der Waals surface area (Å²) < 4.78 is 25.4. The predicted octanol–water partition coefficient (Wildman–Crippen LogP) is 2.48. The Labute approximate surface area is 139 Å². The lowest BCUT2D eigenvalue weighted by Gasteiger charge is -2.21. The number of anilines is 2. The van der Waals surface area contributed by atoms with Gasteiger partial charge in [-0.25, -0.2) is 13.4 Å². The highest BCUT2D eigenvalue weighted by Crippen LogP contribution is 2.37. The fourth-order valence-corrected chi connectivity index (χ4v) is 4.91. The van der Waals surface area contributed by atoms with Gasteiger partial charge in [-0.2, -0.15) is 0 Å². The average Bonchev–Trinajstić information content (AvgIpc) is 2.99. The highest BCUT2D eigenvalue weighted by atomic mass is 32.2. The van der Waals surface area contributed by atoms with Crippen molar-refractivity contribution in [3.8, 4) is 11.3 Å². The van der Waals surface area contributed by atoms with Crippen LogP contribution in [0.25, 0.3) is 11.3 Å². The van der Waals surface area contributed by atoms with Crippen molar-refractivity contribution in [3.63, 3.8) is 0 Å². The van der Waals surface area contributed by atoms with Crippen molar-refractivity contribution in [1.82, 2.24) is 4.98 Å². The number of nitrogens with one attached hydrogen (secondary N) is 1. The van der Waals surface area contributed by atoms with Gasteiger partial charge >= 0.3 is 0 Å². The first kappa shape index (κ1) is 15.9. The van der Waals surface area contributed by atoms with Gasteiger partial charge in [-0.05, 0) is 31.0 Å². The van der Waals surface area contributed by atoms with Crippen LogP contribution in [0, 0.1) is 0 Å². The van der Waals surface area contributed by atoms with E-state index in [4.69, 9.17) is 0 Å². The molecule has 2 heterocycles. The van der Waals surface area contributed by atoms with Crippen LogP contribution in [-0.2, 0) is 21.2 Å². The van der Waals surface area contributed by atoms with Crippen molar-refractivity contribution in [2.24, 2.45) is 0 Å². The van der Waals surface area contributed by atoms with Crippen LogP contribution >= 0.6 is 11.3 Å². The molecular weight excluding hydrogens is 334 g/mol. The number of nitrogens with zero attached hydrogens (tertiary/aromatic N) is 2. The minimum Gasteiger partial charge on any atom is -0.302 e. The van der Waals surface area contributed by atoms with E-state index >= 15 is 0 Å². The first-order valence-electron chi connectivity index (χ1n) is 7.11. The van der Waals surface area contributed by atoms with Gasteiger partial charge in [0.25, 0.3) is 0 Å². The third-order valence-corrected chi connectivity index (χ3v) is 5.70. The number of sulfonamides is 1. The molecule has 0 fully saturated rings. The van der Waals surface area contributed by atoms with Gasteiger partial charge in [-0.15, -0.1) is 11.3 Å². The average molecular weight is 351 g/mol. The number of benzene rings is 1. The molecule has 1 atom stereocenters. The number of carbonyl (C=O) groups excluding carboxylic acids is 1. The van der Waals surface area contributed by atoms with Gasteiger partial charge in [-0.1, -0.05) is 6.07 Å². The normalized spacial score (nSPS) is 17.2. The smallest absolute Gasteiger partial charge is 0.232 e. The summed E-state index contributed by atoms with van der Waals surface area (Å²) in [4.78, 5) is 15.5. The molecule has 0 bridgehead atoms. The summed E-state index contributed by atoms with van der Waals surface area (Å²) >= 11 is 1.36. The zero-order valence-corrected chi connectivity index (χ0v) is 14.7. The second kappa shape index (κ2) is 5.61. The molecule has 8 heteroatoms. The lowest BCUT2D eigenvalue weighted by atomic mass is 10.1. The maximum atomic E-state index is 11.9. The van der Waals surface area contributed by atoms with Crippen molar-refractivity contribution >= 4 is 38.1 Å². The molecule has 1 aliphatic rings. The number of thiazole rings is 1. The van der Waals surface area contributed by atoms with Crippen molar-refractivity contribution in [2.45, 2.75) is 26.3 Å². The number of hydrogen-bond acceptors (Lipinski definition) is 5. The Balaban J connectivity index is 1.95. The SMILES string of the molecule is CC(=O)Nc1nc(-c2ccc3c(c2)C[C@H](C)N3S(C)(=O)=O)cs1. The van der Waals surface area contributed by atoms with Crippen molar-refractivity contribution in [2.75, 3.05) is 15.9 Å². The highest BCUT2D eigenvalue weighted by molar-refractivity contribution is 7.92. The largest absolute Gasteiger partial charge is 0.302 e. The van der Waals surface area contributed by atoms with Crippen molar-refractivity contribution < 1.29 is 13.2 Å². The van der Waals surface area contributed by atoms with E-state index in [1.807, 2.05) is 30.5 Å². The number of amides is 1. The minimum absolute atomic E-state index is 0.0828. The lowest BCUT2D eigenvalue weighted by Crippen LogP contribution is -2.34. The van der Waals surface area contributed by atoms with Gasteiger partial charge in [0.2, 0.25) is 15.9 Å². The monoisotopic (exact) mass is 351 g/mol. The number of fused-ring (bicyclic) bond motifs is 1. The van der Waals surface area contributed by atoms with Gasteiger partial charge in [-0.3, -0.25) is 9.10 Å². The molecule has 0 radical (unpaired) electrons. The Hall–Kier alpha value is -1.93. The van der Waals surface area contributed by atoms with Crippen LogP contribution in [0.4, 0.5) is 10.8 Å². The number of rotatable bonds is 3. The molecule has 0 saturated carbocycles. The van der Waals surface area contributed by atoms with Crippen LogP contribution in [0.2, 0.25) is 0 Å². The zero-order chi connectivity index (χ0) is 16.8. The molecule has 6 nitrogen and oxygen atoms in total. The molecule has 0 saturated heterocycles. The molecule has 0 unspecified atom stereocenters.